The van der Waals surface area contributed by atoms with Crippen LogP contribution in [0.4, 0.5) is 13.2 Å². The maximum Gasteiger partial charge on any atom is 0.418 e. The summed E-state index contributed by atoms with van der Waals surface area (Å²) in [4.78, 5) is 25.9. The Kier molecular flexibility index (Phi) is 6.08. The van der Waals surface area contributed by atoms with Crippen molar-refractivity contribution < 1.29 is 13.2 Å². The summed E-state index contributed by atoms with van der Waals surface area (Å²) in [5, 5.41) is 4.41. The Hall–Kier alpha value is -3.10. The number of pyridine rings is 1. The zero-order valence-electron chi connectivity index (χ0n) is 18.0. The molecule has 9 heteroatoms. The third-order valence-corrected chi connectivity index (χ3v) is 5.77. The van der Waals surface area contributed by atoms with Gasteiger partial charge in [-0.3, -0.25) is 9.78 Å². The number of hydrogen-bond donors (Lipinski definition) is 0. The maximum atomic E-state index is 13.5. The van der Waals surface area contributed by atoms with Gasteiger partial charge in [-0.05, 0) is 56.9 Å². The van der Waals surface area contributed by atoms with Crippen molar-refractivity contribution in [3.05, 3.63) is 69.2 Å². The van der Waals surface area contributed by atoms with Crippen LogP contribution in [0.15, 0.2) is 35.3 Å². The van der Waals surface area contributed by atoms with Crippen molar-refractivity contribution in [1.29, 1.82) is 0 Å². The Bertz CT molecular complexity index is 1160. The van der Waals surface area contributed by atoms with Gasteiger partial charge in [-0.1, -0.05) is 19.3 Å². The average Bonchev–Trinajstić information content (AvgIpc) is 2.75. The van der Waals surface area contributed by atoms with Gasteiger partial charge in [0.05, 0.1) is 23.5 Å². The average molecular weight is 443 g/mol. The van der Waals surface area contributed by atoms with E-state index < -0.39 is 11.7 Å². The molecule has 0 amide bonds. The monoisotopic (exact) mass is 443 g/mol. The predicted molar refractivity (Wildman–Crippen MR) is 113 cm³/mol. The molecule has 0 N–H and O–H groups in total. The minimum absolute atomic E-state index is 0.0547. The lowest BCUT2D eigenvalue weighted by molar-refractivity contribution is -0.138. The molecule has 1 aliphatic carbocycles. The van der Waals surface area contributed by atoms with Crippen molar-refractivity contribution in [2.75, 3.05) is 0 Å². The molecule has 6 nitrogen and oxygen atoms in total. The number of nitrogens with zero attached hydrogens (tertiary/aromatic N) is 5. The third-order valence-electron chi connectivity index (χ3n) is 5.77. The van der Waals surface area contributed by atoms with Gasteiger partial charge in [0.25, 0.3) is 5.56 Å². The molecule has 0 radical (unpaired) electrons. The second kappa shape index (κ2) is 8.80. The molecule has 1 saturated carbocycles. The fourth-order valence-electron chi connectivity index (χ4n) is 4.31. The summed E-state index contributed by atoms with van der Waals surface area (Å²) in [5.41, 5.74) is 0.829. The first-order chi connectivity index (χ1) is 15.2. The van der Waals surface area contributed by atoms with Gasteiger partial charge in [0.2, 0.25) is 0 Å². The Labute approximate surface area is 183 Å². The zero-order chi connectivity index (χ0) is 22.9. The van der Waals surface area contributed by atoms with Gasteiger partial charge in [0, 0.05) is 17.5 Å². The van der Waals surface area contributed by atoms with E-state index in [0.29, 0.717) is 22.8 Å². The summed E-state index contributed by atoms with van der Waals surface area (Å²) in [5.74, 6) is 0.613. The number of aryl methyl sites for hydroxylation is 2. The molecule has 0 atom stereocenters. The number of hydrogen-bond acceptors (Lipinski definition) is 5. The van der Waals surface area contributed by atoms with E-state index in [1.54, 1.807) is 19.1 Å². The highest BCUT2D eigenvalue weighted by Crippen LogP contribution is 2.33. The van der Waals surface area contributed by atoms with Crippen LogP contribution in [0.25, 0.3) is 11.4 Å². The Morgan fingerprint density at radius 3 is 2.50 bits per heavy atom. The van der Waals surface area contributed by atoms with Crippen LogP contribution < -0.4 is 5.56 Å². The van der Waals surface area contributed by atoms with Crippen molar-refractivity contribution in [2.24, 2.45) is 0 Å². The van der Waals surface area contributed by atoms with E-state index in [1.165, 1.54) is 12.3 Å². The smallest absolute Gasteiger partial charge is 0.267 e. The first-order valence-corrected chi connectivity index (χ1v) is 10.7. The second-order valence-corrected chi connectivity index (χ2v) is 8.22. The largest absolute Gasteiger partial charge is 0.418 e. The predicted octanol–water partition coefficient (Wildman–Crippen LogP) is 4.83. The van der Waals surface area contributed by atoms with Crippen molar-refractivity contribution in [3.8, 4) is 11.4 Å². The number of alkyl halides is 3. The van der Waals surface area contributed by atoms with E-state index in [-0.39, 0.29) is 23.7 Å². The number of halogens is 3. The lowest BCUT2D eigenvalue weighted by Crippen LogP contribution is -2.30. The standard InChI is InChI=1S/C23H24F3N5O/c1-14-11-19(29-15(2)28-14)20-12-17(16-7-4-3-5-8-16)22(32)31(30-20)13-21-18(23(24,25)26)9-6-10-27-21/h6,9-12,16H,3-5,7-8,13H2,1-2H3. The molecular weight excluding hydrogens is 419 g/mol. The first-order valence-electron chi connectivity index (χ1n) is 10.7. The summed E-state index contributed by atoms with van der Waals surface area (Å²) in [6.45, 7) is 3.23. The number of aromatic nitrogens is 5. The van der Waals surface area contributed by atoms with Crippen LogP contribution in [0.2, 0.25) is 0 Å². The van der Waals surface area contributed by atoms with Crippen LogP contribution in [-0.2, 0) is 12.7 Å². The molecule has 0 unspecified atom stereocenters. The molecule has 3 heterocycles. The maximum absolute atomic E-state index is 13.5. The Morgan fingerprint density at radius 2 is 1.81 bits per heavy atom. The summed E-state index contributed by atoms with van der Waals surface area (Å²) >= 11 is 0. The van der Waals surface area contributed by atoms with E-state index >= 15 is 0 Å². The fraction of sp³-hybridized carbons (Fsp3) is 0.435. The minimum atomic E-state index is -4.57. The van der Waals surface area contributed by atoms with Crippen LogP contribution >= 0.6 is 0 Å². The molecule has 0 aromatic carbocycles. The van der Waals surface area contributed by atoms with Gasteiger partial charge in [0.1, 0.15) is 11.5 Å². The van der Waals surface area contributed by atoms with E-state index in [0.717, 1.165) is 48.5 Å². The summed E-state index contributed by atoms with van der Waals surface area (Å²) < 4.78 is 41.6. The quantitative estimate of drug-likeness (QED) is 0.578. The van der Waals surface area contributed by atoms with Crippen molar-refractivity contribution in [3.63, 3.8) is 0 Å². The van der Waals surface area contributed by atoms with E-state index in [4.69, 9.17) is 0 Å². The SMILES string of the molecule is Cc1cc(-c2cc(C3CCCCC3)c(=O)n(Cc3ncccc3C(F)(F)F)n2)nc(C)n1. The number of rotatable bonds is 4. The van der Waals surface area contributed by atoms with Crippen molar-refractivity contribution >= 4 is 0 Å². The molecule has 3 aromatic rings. The minimum Gasteiger partial charge on any atom is -0.267 e. The van der Waals surface area contributed by atoms with Crippen LogP contribution in [0.5, 0.6) is 0 Å². The molecule has 0 aliphatic heterocycles. The van der Waals surface area contributed by atoms with E-state index in [2.05, 4.69) is 20.1 Å². The van der Waals surface area contributed by atoms with Crippen molar-refractivity contribution in [2.45, 2.75) is 64.6 Å². The van der Waals surface area contributed by atoms with E-state index in [1.807, 2.05) is 6.92 Å². The highest BCUT2D eigenvalue weighted by atomic mass is 19.4. The second-order valence-electron chi connectivity index (χ2n) is 8.22. The molecule has 1 fully saturated rings. The summed E-state index contributed by atoms with van der Waals surface area (Å²) in [7, 11) is 0. The molecule has 3 aromatic heterocycles. The highest BCUT2D eigenvalue weighted by Gasteiger charge is 2.34. The third kappa shape index (κ3) is 4.71. The fourth-order valence-corrected chi connectivity index (χ4v) is 4.31. The van der Waals surface area contributed by atoms with Gasteiger partial charge in [-0.25, -0.2) is 14.6 Å². The topological polar surface area (TPSA) is 73.6 Å². The Balaban J connectivity index is 1.86. The molecule has 1 aliphatic rings. The molecule has 4 rings (SSSR count). The van der Waals surface area contributed by atoms with Gasteiger partial charge in [-0.15, -0.1) is 0 Å². The molecule has 0 bridgehead atoms. The van der Waals surface area contributed by atoms with Gasteiger partial charge < -0.3 is 0 Å². The molecular formula is C23H24F3N5O. The zero-order valence-corrected chi connectivity index (χ0v) is 18.0. The normalized spacial score (nSPS) is 15.2. The lowest BCUT2D eigenvalue weighted by atomic mass is 9.84. The van der Waals surface area contributed by atoms with Gasteiger partial charge in [0.15, 0.2) is 0 Å². The van der Waals surface area contributed by atoms with Crippen LogP contribution in [0.3, 0.4) is 0 Å². The summed E-state index contributed by atoms with van der Waals surface area (Å²) in [6.07, 6.45) is 1.63. The van der Waals surface area contributed by atoms with Crippen LogP contribution in [-0.4, -0.2) is 24.7 Å². The molecule has 0 spiro atoms. The first kappa shape index (κ1) is 22.1. The van der Waals surface area contributed by atoms with Crippen LogP contribution in [0.1, 0.15) is 66.4 Å². The lowest BCUT2D eigenvalue weighted by Gasteiger charge is -2.22. The van der Waals surface area contributed by atoms with E-state index in [9.17, 15) is 18.0 Å². The highest BCUT2D eigenvalue weighted by molar-refractivity contribution is 5.55. The summed E-state index contributed by atoms with van der Waals surface area (Å²) in [6, 6.07) is 5.71. The molecule has 32 heavy (non-hydrogen) atoms. The van der Waals surface area contributed by atoms with Crippen molar-refractivity contribution in [1.82, 2.24) is 24.7 Å². The Morgan fingerprint density at radius 1 is 1.06 bits per heavy atom. The van der Waals surface area contributed by atoms with Gasteiger partial charge in [-0.2, -0.15) is 18.3 Å². The van der Waals surface area contributed by atoms with Crippen LogP contribution in [0, 0.1) is 13.8 Å². The molecule has 168 valence electrons. The van der Waals surface area contributed by atoms with Gasteiger partial charge >= 0.3 is 6.18 Å². The molecule has 0 saturated heterocycles.